The monoisotopic (exact) mass is 449 g/mol. The molecule has 0 radical (unpaired) electrons. The third-order valence-corrected chi connectivity index (χ3v) is 7.84. The number of aryl methyl sites for hydroxylation is 1. The Morgan fingerprint density at radius 2 is 1.23 bits per heavy atom. The maximum Gasteiger partial charge on any atom is 0.0547 e. The maximum atomic E-state index is 2.47. The zero-order chi connectivity index (χ0) is 23.7. The van der Waals surface area contributed by atoms with Gasteiger partial charge in [0.2, 0.25) is 0 Å². The van der Waals surface area contributed by atoms with Gasteiger partial charge in [0.15, 0.2) is 0 Å². The molecule has 0 saturated carbocycles. The molecule has 0 saturated heterocycles. The van der Waals surface area contributed by atoms with E-state index in [0.29, 0.717) is 0 Å². The molecule has 0 bridgehead atoms. The van der Waals surface area contributed by atoms with Gasteiger partial charge in [-0.05, 0) is 82.8 Å². The third kappa shape index (κ3) is 2.88. The minimum absolute atomic E-state index is 0.0609. The standard InChI is InChI=1S/C34H27N/c1-22-14-17-32-28(18-22)29-20-31-27(21-33(29)35(32)25-12-8-5-9-13-25)26-16-15-24(19-30(26)34(31,2)3)23-10-6-4-7-11-23/h4-21H,1-3H3. The topological polar surface area (TPSA) is 4.93 Å². The van der Waals surface area contributed by atoms with Gasteiger partial charge in [0.05, 0.1) is 11.0 Å². The molecule has 168 valence electrons. The molecule has 0 N–H and O–H groups in total. The van der Waals surface area contributed by atoms with Crippen LogP contribution >= 0.6 is 0 Å². The van der Waals surface area contributed by atoms with Crippen LogP contribution in [0.25, 0.3) is 49.7 Å². The van der Waals surface area contributed by atoms with E-state index in [2.05, 4.69) is 135 Å². The van der Waals surface area contributed by atoms with Crippen molar-refractivity contribution in [2.75, 3.05) is 0 Å². The highest BCUT2D eigenvalue weighted by Crippen LogP contribution is 2.51. The quantitative estimate of drug-likeness (QED) is 0.248. The number of para-hydroxylation sites is 1. The number of hydrogen-bond donors (Lipinski definition) is 0. The van der Waals surface area contributed by atoms with Crippen LogP contribution in [0.3, 0.4) is 0 Å². The van der Waals surface area contributed by atoms with Gasteiger partial charge < -0.3 is 4.57 Å². The van der Waals surface area contributed by atoms with Crippen LogP contribution in [0.2, 0.25) is 0 Å². The van der Waals surface area contributed by atoms with Crippen molar-refractivity contribution < 1.29 is 0 Å². The van der Waals surface area contributed by atoms with E-state index in [0.717, 1.165) is 0 Å². The van der Waals surface area contributed by atoms with Crippen LogP contribution in [0, 0.1) is 6.92 Å². The molecular weight excluding hydrogens is 422 g/mol. The smallest absolute Gasteiger partial charge is 0.0547 e. The second kappa shape index (κ2) is 7.20. The van der Waals surface area contributed by atoms with Crippen LogP contribution in [0.15, 0.2) is 109 Å². The van der Waals surface area contributed by atoms with Crippen LogP contribution in [0.5, 0.6) is 0 Å². The summed E-state index contributed by atoms with van der Waals surface area (Å²) in [6, 6.07) is 40.2. The summed E-state index contributed by atoms with van der Waals surface area (Å²) >= 11 is 0. The lowest BCUT2D eigenvalue weighted by Crippen LogP contribution is -2.15. The Morgan fingerprint density at radius 1 is 0.543 bits per heavy atom. The number of rotatable bonds is 2. The van der Waals surface area contributed by atoms with Crippen molar-refractivity contribution in [2.45, 2.75) is 26.2 Å². The van der Waals surface area contributed by atoms with Crippen LogP contribution < -0.4 is 0 Å². The summed E-state index contributed by atoms with van der Waals surface area (Å²) in [7, 11) is 0. The van der Waals surface area contributed by atoms with Crippen LogP contribution in [0.1, 0.15) is 30.5 Å². The first-order chi connectivity index (χ1) is 17.0. The molecule has 1 heterocycles. The molecule has 0 fully saturated rings. The highest BCUT2D eigenvalue weighted by Gasteiger charge is 2.36. The third-order valence-electron chi connectivity index (χ3n) is 7.84. The molecule has 6 aromatic rings. The summed E-state index contributed by atoms with van der Waals surface area (Å²) in [5, 5.41) is 2.65. The zero-order valence-corrected chi connectivity index (χ0v) is 20.3. The van der Waals surface area contributed by atoms with E-state index in [-0.39, 0.29) is 5.41 Å². The predicted octanol–water partition coefficient (Wildman–Crippen LogP) is 9.07. The van der Waals surface area contributed by atoms with Crippen LogP contribution in [0.4, 0.5) is 0 Å². The highest BCUT2D eigenvalue weighted by molar-refractivity contribution is 6.11. The Kier molecular flexibility index (Phi) is 4.17. The predicted molar refractivity (Wildman–Crippen MR) is 149 cm³/mol. The Hall–Kier alpha value is -4.10. The lowest BCUT2D eigenvalue weighted by atomic mass is 9.81. The number of hydrogen-bond acceptors (Lipinski definition) is 0. The number of benzene rings is 5. The van der Waals surface area contributed by atoms with Gasteiger partial charge in [-0.1, -0.05) is 86.1 Å². The van der Waals surface area contributed by atoms with Gasteiger partial charge in [-0.15, -0.1) is 0 Å². The van der Waals surface area contributed by atoms with Gasteiger partial charge in [-0.3, -0.25) is 0 Å². The lowest BCUT2D eigenvalue weighted by Gasteiger charge is -2.22. The molecule has 1 heteroatoms. The summed E-state index contributed by atoms with van der Waals surface area (Å²) in [5.41, 5.74) is 13.1. The lowest BCUT2D eigenvalue weighted by molar-refractivity contribution is 0.661. The van der Waals surface area contributed by atoms with Gasteiger partial charge in [-0.2, -0.15) is 0 Å². The molecule has 0 spiro atoms. The fourth-order valence-electron chi connectivity index (χ4n) is 6.03. The van der Waals surface area contributed by atoms with Crippen LogP contribution in [-0.4, -0.2) is 4.57 Å². The first-order valence-corrected chi connectivity index (χ1v) is 12.4. The molecule has 1 aliphatic rings. The van der Waals surface area contributed by atoms with Gasteiger partial charge in [0.1, 0.15) is 0 Å². The molecule has 35 heavy (non-hydrogen) atoms. The van der Waals surface area contributed by atoms with Gasteiger partial charge >= 0.3 is 0 Å². The molecule has 1 aromatic heterocycles. The summed E-state index contributed by atoms with van der Waals surface area (Å²) in [6.45, 7) is 6.93. The largest absolute Gasteiger partial charge is 0.309 e. The fourth-order valence-corrected chi connectivity index (χ4v) is 6.03. The molecular formula is C34H27N. The summed E-state index contributed by atoms with van der Waals surface area (Å²) < 4.78 is 2.42. The maximum absolute atomic E-state index is 2.47. The number of nitrogens with zero attached hydrogens (tertiary/aromatic N) is 1. The second-order valence-corrected chi connectivity index (χ2v) is 10.4. The molecule has 7 rings (SSSR count). The normalized spacial score (nSPS) is 13.8. The first-order valence-electron chi connectivity index (χ1n) is 12.4. The van der Waals surface area contributed by atoms with Crippen molar-refractivity contribution in [1.29, 1.82) is 0 Å². The Labute approximate surface area is 206 Å². The first kappa shape index (κ1) is 20.3. The summed E-state index contributed by atoms with van der Waals surface area (Å²) in [5.74, 6) is 0. The van der Waals surface area contributed by atoms with Gasteiger partial charge in [0, 0.05) is 21.9 Å². The van der Waals surface area contributed by atoms with Crippen molar-refractivity contribution in [3.8, 4) is 27.9 Å². The van der Waals surface area contributed by atoms with E-state index < -0.39 is 0 Å². The molecule has 0 amide bonds. The van der Waals surface area contributed by atoms with Crippen molar-refractivity contribution in [2.24, 2.45) is 0 Å². The molecule has 1 nitrogen and oxygen atoms in total. The van der Waals surface area contributed by atoms with E-state index in [1.807, 2.05) is 0 Å². The molecule has 1 aliphatic carbocycles. The molecule has 0 unspecified atom stereocenters. The molecule has 5 aromatic carbocycles. The molecule has 0 aliphatic heterocycles. The van der Waals surface area contributed by atoms with Crippen molar-refractivity contribution in [3.63, 3.8) is 0 Å². The summed E-state index contributed by atoms with van der Waals surface area (Å²) in [6.07, 6.45) is 0. The average Bonchev–Trinajstić information content (AvgIpc) is 3.32. The van der Waals surface area contributed by atoms with E-state index >= 15 is 0 Å². The average molecular weight is 450 g/mol. The Balaban J connectivity index is 1.54. The minimum Gasteiger partial charge on any atom is -0.309 e. The Morgan fingerprint density at radius 3 is 2.00 bits per heavy atom. The fraction of sp³-hybridized carbons (Fsp3) is 0.118. The second-order valence-electron chi connectivity index (χ2n) is 10.4. The number of aromatic nitrogens is 1. The van der Waals surface area contributed by atoms with Crippen molar-refractivity contribution >= 4 is 21.8 Å². The number of fused-ring (bicyclic) bond motifs is 6. The van der Waals surface area contributed by atoms with Crippen molar-refractivity contribution in [3.05, 3.63) is 126 Å². The summed E-state index contributed by atoms with van der Waals surface area (Å²) in [4.78, 5) is 0. The molecule has 0 atom stereocenters. The SMILES string of the molecule is Cc1ccc2c(c1)c1cc3c(cc1n2-c1ccccc1)-c1ccc(-c2ccccc2)cc1C3(C)C. The van der Waals surface area contributed by atoms with Crippen LogP contribution in [-0.2, 0) is 5.41 Å². The minimum atomic E-state index is -0.0609. The van der Waals surface area contributed by atoms with Gasteiger partial charge in [-0.25, -0.2) is 0 Å². The van der Waals surface area contributed by atoms with E-state index in [1.165, 1.54) is 66.4 Å². The highest BCUT2D eigenvalue weighted by atomic mass is 15.0. The van der Waals surface area contributed by atoms with Crippen molar-refractivity contribution in [1.82, 2.24) is 4.57 Å². The van der Waals surface area contributed by atoms with E-state index in [9.17, 15) is 0 Å². The van der Waals surface area contributed by atoms with E-state index in [4.69, 9.17) is 0 Å². The Bertz CT molecular complexity index is 1750. The zero-order valence-electron chi connectivity index (χ0n) is 20.3. The van der Waals surface area contributed by atoms with Gasteiger partial charge in [0.25, 0.3) is 0 Å². The van der Waals surface area contributed by atoms with E-state index in [1.54, 1.807) is 0 Å².